The lowest BCUT2D eigenvalue weighted by Crippen LogP contribution is -2.40. The molecule has 1 aromatic rings. The van der Waals surface area contributed by atoms with Gasteiger partial charge < -0.3 is 10.0 Å². The van der Waals surface area contributed by atoms with Gasteiger partial charge in [0.15, 0.2) is 0 Å². The number of nitrogens with zero attached hydrogens (tertiary/aromatic N) is 1. The van der Waals surface area contributed by atoms with Gasteiger partial charge in [0.05, 0.1) is 11.5 Å². The highest BCUT2D eigenvalue weighted by Gasteiger charge is 2.29. The van der Waals surface area contributed by atoms with Gasteiger partial charge in [0, 0.05) is 23.2 Å². The molecule has 2 aliphatic rings. The van der Waals surface area contributed by atoms with Crippen molar-refractivity contribution in [1.82, 2.24) is 4.90 Å². The summed E-state index contributed by atoms with van der Waals surface area (Å²) in [7, 11) is 0. The van der Waals surface area contributed by atoms with Gasteiger partial charge in [0.1, 0.15) is 0 Å². The summed E-state index contributed by atoms with van der Waals surface area (Å²) in [5.41, 5.74) is 1.88. The quantitative estimate of drug-likeness (QED) is 0.895. The number of carbonyl (C=O) groups excluding carboxylic acids is 1. The Morgan fingerprint density at radius 2 is 1.79 bits per heavy atom. The number of carboxylic acid groups (broad SMARTS) is 1. The topological polar surface area (TPSA) is 57.6 Å². The predicted octanol–water partition coefficient (Wildman–Crippen LogP) is 3.97. The zero-order valence-corrected chi connectivity index (χ0v) is 15.0. The second-order valence-corrected chi connectivity index (χ2v) is 8.27. The van der Waals surface area contributed by atoms with Crippen LogP contribution in [-0.2, 0) is 4.79 Å². The lowest BCUT2D eigenvalue weighted by molar-refractivity contribution is -0.143. The molecule has 1 saturated heterocycles. The summed E-state index contributed by atoms with van der Waals surface area (Å²) >= 11 is 1.84. The molecular weight excluding hydrogens is 322 g/mol. The van der Waals surface area contributed by atoms with Crippen molar-refractivity contribution in [3.8, 4) is 0 Å². The monoisotopic (exact) mass is 347 g/mol. The Kier molecular flexibility index (Phi) is 5.49. The molecule has 1 aliphatic heterocycles. The number of hydrogen-bond donors (Lipinski definition) is 1. The number of rotatable bonds is 4. The van der Waals surface area contributed by atoms with Crippen LogP contribution in [0.15, 0.2) is 23.1 Å². The Hall–Kier alpha value is -1.49. The average molecular weight is 347 g/mol. The van der Waals surface area contributed by atoms with Gasteiger partial charge in [0.25, 0.3) is 5.91 Å². The minimum atomic E-state index is -0.741. The molecule has 1 amide bonds. The van der Waals surface area contributed by atoms with Crippen molar-refractivity contribution in [2.45, 2.75) is 55.6 Å². The van der Waals surface area contributed by atoms with Crippen LogP contribution >= 0.6 is 11.8 Å². The SMILES string of the molecule is Cc1ccc(SC2CCCC2)c(C(=O)N2CCC(C(=O)O)CC2)c1. The molecule has 2 fully saturated rings. The van der Waals surface area contributed by atoms with E-state index in [2.05, 4.69) is 12.1 Å². The smallest absolute Gasteiger partial charge is 0.306 e. The van der Waals surface area contributed by atoms with Crippen molar-refractivity contribution < 1.29 is 14.7 Å². The first-order chi connectivity index (χ1) is 11.5. The molecule has 5 heteroatoms. The Balaban J connectivity index is 1.74. The molecular formula is C19H25NO3S. The van der Waals surface area contributed by atoms with E-state index in [1.54, 1.807) is 0 Å². The normalized spacial score (nSPS) is 19.6. The van der Waals surface area contributed by atoms with Crippen LogP contribution in [0, 0.1) is 12.8 Å². The summed E-state index contributed by atoms with van der Waals surface area (Å²) in [6.45, 7) is 3.09. The highest BCUT2D eigenvalue weighted by Crippen LogP contribution is 2.37. The fourth-order valence-corrected chi connectivity index (χ4v) is 4.95. The van der Waals surface area contributed by atoms with Gasteiger partial charge in [-0.3, -0.25) is 9.59 Å². The fraction of sp³-hybridized carbons (Fsp3) is 0.579. The Morgan fingerprint density at radius 3 is 2.42 bits per heavy atom. The largest absolute Gasteiger partial charge is 0.481 e. The van der Waals surface area contributed by atoms with Crippen LogP contribution in [0.1, 0.15) is 54.4 Å². The minimum absolute atomic E-state index is 0.0584. The number of thioether (sulfide) groups is 1. The highest BCUT2D eigenvalue weighted by molar-refractivity contribution is 8.00. The first kappa shape index (κ1) is 17.3. The molecule has 4 nitrogen and oxygen atoms in total. The third-order valence-electron chi connectivity index (χ3n) is 5.09. The van der Waals surface area contributed by atoms with Crippen molar-refractivity contribution in [2.75, 3.05) is 13.1 Å². The maximum absolute atomic E-state index is 13.0. The molecule has 0 unspecified atom stereocenters. The van der Waals surface area contributed by atoms with E-state index in [0.717, 1.165) is 16.0 Å². The van der Waals surface area contributed by atoms with Crippen molar-refractivity contribution >= 4 is 23.6 Å². The molecule has 130 valence electrons. The number of piperidine rings is 1. The van der Waals surface area contributed by atoms with Gasteiger partial charge in [-0.15, -0.1) is 11.8 Å². The van der Waals surface area contributed by atoms with Crippen molar-refractivity contribution in [3.05, 3.63) is 29.3 Å². The molecule has 3 rings (SSSR count). The van der Waals surface area contributed by atoms with E-state index in [1.165, 1.54) is 25.7 Å². The number of carbonyl (C=O) groups is 2. The highest BCUT2D eigenvalue weighted by atomic mass is 32.2. The van der Waals surface area contributed by atoms with Crippen LogP contribution in [-0.4, -0.2) is 40.2 Å². The number of carboxylic acids is 1. The number of likely N-dealkylation sites (tertiary alicyclic amines) is 1. The molecule has 1 aliphatic carbocycles. The van der Waals surface area contributed by atoms with Gasteiger partial charge >= 0.3 is 5.97 Å². The van der Waals surface area contributed by atoms with E-state index in [1.807, 2.05) is 29.7 Å². The summed E-state index contributed by atoms with van der Waals surface area (Å²) in [5, 5.41) is 9.74. The second-order valence-electron chi connectivity index (χ2n) is 6.93. The van der Waals surface area contributed by atoms with Gasteiger partial charge in [0.2, 0.25) is 0 Å². The number of aryl methyl sites for hydroxylation is 1. The van der Waals surface area contributed by atoms with Gasteiger partial charge in [-0.05, 0) is 44.7 Å². The van der Waals surface area contributed by atoms with Gasteiger partial charge in [-0.2, -0.15) is 0 Å². The van der Waals surface area contributed by atoms with Crippen LogP contribution < -0.4 is 0 Å². The molecule has 0 spiro atoms. The van der Waals surface area contributed by atoms with Crippen LogP contribution in [0.25, 0.3) is 0 Å². The third-order valence-corrected chi connectivity index (χ3v) is 6.51. The van der Waals surface area contributed by atoms with Crippen LogP contribution in [0.5, 0.6) is 0 Å². The maximum Gasteiger partial charge on any atom is 0.306 e. The first-order valence-corrected chi connectivity index (χ1v) is 9.72. The van der Waals surface area contributed by atoms with Gasteiger partial charge in [-0.1, -0.05) is 24.5 Å². The third kappa shape index (κ3) is 3.94. The summed E-state index contributed by atoms with van der Waals surface area (Å²) in [6, 6.07) is 6.14. The summed E-state index contributed by atoms with van der Waals surface area (Å²) < 4.78 is 0. The molecule has 0 aromatic heterocycles. The minimum Gasteiger partial charge on any atom is -0.481 e. The summed E-state index contributed by atoms with van der Waals surface area (Å²) in [5.74, 6) is -0.989. The van der Waals surface area contributed by atoms with Crippen LogP contribution in [0.4, 0.5) is 0 Å². The first-order valence-electron chi connectivity index (χ1n) is 8.84. The Morgan fingerprint density at radius 1 is 1.12 bits per heavy atom. The van der Waals surface area contributed by atoms with Crippen molar-refractivity contribution in [3.63, 3.8) is 0 Å². The zero-order chi connectivity index (χ0) is 17.1. The summed E-state index contributed by atoms with van der Waals surface area (Å²) in [6.07, 6.45) is 6.15. The lowest BCUT2D eigenvalue weighted by atomic mass is 9.96. The van der Waals surface area contributed by atoms with E-state index in [-0.39, 0.29) is 11.8 Å². The van der Waals surface area contributed by atoms with E-state index in [4.69, 9.17) is 5.11 Å². The Labute approximate surface area is 147 Å². The maximum atomic E-state index is 13.0. The molecule has 24 heavy (non-hydrogen) atoms. The molecule has 1 N–H and O–H groups in total. The number of aliphatic carboxylic acids is 1. The predicted molar refractivity (Wildman–Crippen MR) is 95.6 cm³/mol. The zero-order valence-electron chi connectivity index (χ0n) is 14.2. The number of benzene rings is 1. The number of hydrogen-bond acceptors (Lipinski definition) is 3. The molecule has 1 aromatic carbocycles. The lowest BCUT2D eigenvalue weighted by Gasteiger charge is -2.31. The summed E-state index contributed by atoms with van der Waals surface area (Å²) in [4.78, 5) is 27.0. The van der Waals surface area contributed by atoms with Crippen LogP contribution in [0.2, 0.25) is 0 Å². The van der Waals surface area contributed by atoms with Crippen molar-refractivity contribution in [1.29, 1.82) is 0 Å². The van der Waals surface area contributed by atoms with Crippen LogP contribution in [0.3, 0.4) is 0 Å². The molecule has 0 radical (unpaired) electrons. The number of amides is 1. The fourth-order valence-electron chi connectivity index (χ4n) is 3.60. The molecule has 1 heterocycles. The van der Waals surface area contributed by atoms with E-state index < -0.39 is 5.97 Å². The Bertz CT molecular complexity index is 617. The molecule has 1 saturated carbocycles. The van der Waals surface area contributed by atoms with E-state index >= 15 is 0 Å². The van der Waals surface area contributed by atoms with Crippen molar-refractivity contribution in [2.24, 2.45) is 5.92 Å². The average Bonchev–Trinajstić information content (AvgIpc) is 3.09. The molecule has 0 bridgehead atoms. The standard InChI is InChI=1S/C19H25NO3S/c1-13-6-7-17(24-15-4-2-3-5-15)16(12-13)18(21)20-10-8-14(9-11-20)19(22)23/h6-7,12,14-15H,2-5,8-11H2,1H3,(H,22,23). The second kappa shape index (κ2) is 7.60. The van der Waals surface area contributed by atoms with E-state index in [0.29, 0.717) is 31.2 Å². The van der Waals surface area contributed by atoms with E-state index in [9.17, 15) is 9.59 Å². The molecule has 0 atom stereocenters. The van der Waals surface area contributed by atoms with Gasteiger partial charge in [-0.25, -0.2) is 0 Å².